The van der Waals surface area contributed by atoms with Gasteiger partial charge < -0.3 is 15.6 Å². The molecular formula is C12H16F3NO2. The van der Waals surface area contributed by atoms with Crippen LogP contribution in [-0.4, -0.2) is 11.5 Å². The highest BCUT2D eigenvalue weighted by atomic mass is 19.4. The maximum atomic E-state index is 12.1. The van der Waals surface area contributed by atoms with Crippen molar-refractivity contribution < 1.29 is 23.0 Å². The summed E-state index contributed by atoms with van der Waals surface area (Å²) in [6, 6.07) is 2.69. The molecule has 0 unspecified atom stereocenters. The van der Waals surface area contributed by atoms with E-state index in [0.29, 0.717) is 0 Å². The molecule has 6 heteroatoms. The first-order valence-electron chi connectivity index (χ1n) is 5.35. The molecule has 0 fully saturated rings. The number of phenols is 1. The third-order valence-electron chi connectivity index (χ3n) is 2.50. The molecule has 0 spiro atoms. The molecule has 0 saturated carbocycles. The Morgan fingerprint density at radius 1 is 1.22 bits per heavy atom. The highest BCUT2D eigenvalue weighted by molar-refractivity contribution is 5.41. The molecule has 0 aliphatic heterocycles. The van der Waals surface area contributed by atoms with Crippen molar-refractivity contribution in [2.45, 2.75) is 33.2 Å². The molecule has 18 heavy (non-hydrogen) atoms. The number of nitrogens with two attached hydrogens (primary N) is 1. The second kappa shape index (κ2) is 4.68. The predicted octanol–water partition coefficient (Wildman–Crippen LogP) is 3.34. The monoisotopic (exact) mass is 263 g/mol. The van der Waals surface area contributed by atoms with Crippen molar-refractivity contribution in [3.63, 3.8) is 0 Å². The molecule has 0 aliphatic carbocycles. The molecule has 0 aromatic heterocycles. The zero-order chi connectivity index (χ0) is 14.1. The van der Waals surface area contributed by atoms with E-state index in [1.807, 2.05) is 20.8 Å². The molecule has 0 amide bonds. The molecule has 0 saturated heterocycles. The number of alkyl halides is 3. The first-order valence-corrected chi connectivity index (χ1v) is 5.35. The Balaban J connectivity index is 3.09. The van der Waals surface area contributed by atoms with Gasteiger partial charge in [-0.15, -0.1) is 13.2 Å². The van der Waals surface area contributed by atoms with Gasteiger partial charge in [0.15, 0.2) is 0 Å². The van der Waals surface area contributed by atoms with Gasteiger partial charge in [-0.3, -0.25) is 0 Å². The molecule has 1 rings (SSSR count). The average Bonchev–Trinajstić information content (AvgIpc) is 2.16. The van der Waals surface area contributed by atoms with Crippen LogP contribution in [0.3, 0.4) is 0 Å². The van der Waals surface area contributed by atoms with E-state index in [0.717, 1.165) is 18.2 Å². The van der Waals surface area contributed by atoms with Gasteiger partial charge in [0.2, 0.25) is 0 Å². The van der Waals surface area contributed by atoms with Crippen LogP contribution in [0.2, 0.25) is 0 Å². The largest absolute Gasteiger partial charge is 0.573 e. The van der Waals surface area contributed by atoms with Crippen LogP contribution in [0.4, 0.5) is 13.2 Å². The van der Waals surface area contributed by atoms with E-state index >= 15 is 0 Å². The number of hydrogen-bond donors (Lipinski definition) is 2. The maximum absolute atomic E-state index is 12.1. The Hall–Kier alpha value is -1.43. The number of ether oxygens (including phenoxy) is 1. The zero-order valence-electron chi connectivity index (χ0n) is 10.4. The maximum Gasteiger partial charge on any atom is 0.573 e. The summed E-state index contributed by atoms with van der Waals surface area (Å²) >= 11 is 0. The van der Waals surface area contributed by atoms with Gasteiger partial charge in [-0.25, -0.2) is 0 Å². The van der Waals surface area contributed by atoms with Crippen LogP contribution in [0.25, 0.3) is 0 Å². The highest BCUT2D eigenvalue weighted by Crippen LogP contribution is 2.37. The van der Waals surface area contributed by atoms with Crippen LogP contribution in [0, 0.1) is 5.41 Å². The SMILES string of the molecule is CC(C)(C)[C@@H](N)c1cc(OC(F)(F)F)ccc1O. The van der Waals surface area contributed by atoms with Crippen molar-refractivity contribution in [1.82, 2.24) is 0 Å². The zero-order valence-corrected chi connectivity index (χ0v) is 10.4. The second-order valence-corrected chi connectivity index (χ2v) is 5.11. The Bertz CT molecular complexity index is 424. The van der Waals surface area contributed by atoms with E-state index < -0.39 is 23.6 Å². The number of hydrogen-bond acceptors (Lipinski definition) is 3. The van der Waals surface area contributed by atoms with Gasteiger partial charge in [-0.1, -0.05) is 20.8 Å². The molecule has 0 bridgehead atoms. The predicted molar refractivity (Wildman–Crippen MR) is 61.2 cm³/mol. The smallest absolute Gasteiger partial charge is 0.508 e. The standard InChI is InChI=1S/C12H16F3NO2/c1-11(2,3)10(16)8-6-7(4-5-9(8)17)18-12(13,14)15/h4-6,10,17H,16H2,1-3H3/t10-/m0/s1. The normalized spacial score (nSPS) is 14.4. The topological polar surface area (TPSA) is 55.5 Å². The molecule has 3 N–H and O–H groups in total. The van der Waals surface area contributed by atoms with E-state index in [1.165, 1.54) is 0 Å². The summed E-state index contributed by atoms with van der Waals surface area (Å²) in [6.07, 6.45) is -4.76. The van der Waals surface area contributed by atoms with Crippen molar-refractivity contribution in [3.05, 3.63) is 23.8 Å². The lowest BCUT2D eigenvalue weighted by Crippen LogP contribution is -2.26. The van der Waals surface area contributed by atoms with Gasteiger partial charge in [-0.2, -0.15) is 0 Å². The molecular weight excluding hydrogens is 247 g/mol. The third kappa shape index (κ3) is 3.80. The molecule has 1 atom stereocenters. The van der Waals surface area contributed by atoms with Gasteiger partial charge in [0.25, 0.3) is 0 Å². The molecule has 1 aromatic carbocycles. The van der Waals surface area contributed by atoms with Crippen LogP contribution in [-0.2, 0) is 0 Å². The average molecular weight is 263 g/mol. The summed E-state index contributed by atoms with van der Waals surface area (Å²) < 4.78 is 40.1. The molecule has 0 heterocycles. The first-order chi connectivity index (χ1) is 8.00. The van der Waals surface area contributed by atoms with Gasteiger partial charge in [0.05, 0.1) is 0 Å². The quantitative estimate of drug-likeness (QED) is 0.860. The van der Waals surface area contributed by atoms with Gasteiger partial charge >= 0.3 is 6.36 Å². The Kier molecular flexibility index (Phi) is 3.81. The molecule has 1 aromatic rings. The summed E-state index contributed by atoms with van der Waals surface area (Å²) in [6.45, 7) is 5.48. The highest BCUT2D eigenvalue weighted by Gasteiger charge is 2.32. The first kappa shape index (κ1) is 14.6. The van der Waals surface area contributed by atoms with Gasteiger partial charge in [0, 0.05) is 11.6 Å². The number of phenolic OH excluding ortho intramolecular Hbond substituents is 1. The molecule has 102 valence electrons. The van der Waals surface area contributed by atoms with Crippen molar-refractivity contribution in [2.75, 3.05) is 0 Å². The minimum Gasteiger partial charge on any atom is -0.508 e. The van der Waals surface area contributed by atoms with Gasteiger partial charge in [-0.05, 0) is 23.6 Å². The summed E-state index contributed by atoms with van der Waals surface area (Å²) in [5.74, 6) is -0.540. The number of benzene rings is 1. The van der Waals surface area contributed by atoms with Crippen LogP contribution in [0.15, 0.2) is 18.2 Å². The minimum absolute atomic E-state index is 0.146. The number of aromatic hydroxyl groups is 1. The van der Waals surface area contributed by atoms with Crippen molar-refractivity contribution in [2.24, 2.45) is 11.1 Å². The lowest BCUT2D eigenvalue weighted by Gasteiger charge is -2.28. The summed E-state index contributed by atoms with van der Waals surface area (Å²) in [5.41, 5.74) is 5.74. The van der Waals surface area contributed by atoms with Crippen LogP contribution in [0.5, 0.6) is 11.5 Å². The molecule has 0 radical (unpaired) electrons. The number of halogens is 3. The Morgan fingerprint density at radius 3 is 2.22 bits per heavy atom. The lowest BCUT2D eigenvalue weighted by molar-refractivity contribution is -0.274. The van der Waals surface area contributed by atoms with E-state index in [2.05, 4.69) is 4.74 Å². The Morgan fingerprint density at radius 2 is 1.78 bits per heavy atom. The van der Waals surface area contributed by atoms with E-state index in [9.17, 15) is 18.3 Å². The fourth-order valence-corrected chi connectivity index (χ4v) is 1.45. The molecule has 3 nitrogen and oxygen atoms in total. The minimum atomic E-state index is -4.76. The Labute approximate surface area is 103 Å². The number of rotatable bonds is 2. The van der Waals surface area contributed by atoms with E-state index in [4.69, 9.17) is 5.73 Å². The third-order valence-corrected chi connectivity index (χ3v) is 2.50. The summed E-state index contributed by atoms with van der Waals surface area (Å²) in [5, 5.41) is 9.65. The second-order valence-electron chi connectivity index (χ2n) is 5.11. The summed E-state index contributed by atoms with van der Waals surface area (Å²) in [7, 11) is 0. The van der Waals surface area contributed by atoms with Crippen LogP contribution in [0.1, 0.15) is 32.4 Å². The molecule has 0 aliphatic rings. The fourth-order valence-electron chi connectivity index (χ4n) is 1.45. The summed E-state index contributed by atoms with van der Waals surface area (Å²) in [4.78, 5) is 0. The van der Waals surface area contributed by atoms with Crippen LogP contribution >= 0.6 is 0 Å². The van der Waals surface area contributed by atoms with Crippen molar-refractivity contribution >= 4 is 0 Å². The lowest BCUT2D eigenvalue weighted by atomic mass is 9.82. The van der Waals surface area contributed by atoms with Crippen LogP contribution < -0.4 is 10.5 Å². The van der Waals surface area contributed by atoms with Crippen molar-refractivity contribution in [3.8, 4) is 11.5 Å². The van der Waals surface area contributed by atoms with E-state index in [1.54, 1.807) is 0 Å². The van der Waals surface area contributed by atoms with Gasteiger partial charge in [0.1, 0.15) is 11.5 Å². The van der Waals surface area contributed by atoms with Crippen molar-refractivity contribution in [1.29, 1.82) is 0 Å². The van der Waals surface area contributed by atoms with E-state index in [-0.39, 0.29) is 11.3 Å². The fraction of sp³-hybridized carbons (Fsp3) is 0.500.